The van der Waals surface area contributed by atoms with Crippen LogP contribution in [0.4, 0.5) is 15.8 Å². The standard InChI is InChI=1S/C23H25FN4O2S/c24-16-7-5-8-17(27-11-3-4-12-27)21(16)26-19(29)10-13-28-14-25-22-20(23(28)30)15-6-1-2-9-18(15)31-22/h5,7-8,14H,1-4,6,9-13H2,(H,26,29). The summed E-state index contributed by atoms with van der Waals surface area (Å²) in [5.41, 5.74) is 2.00. The first kappa shape index (κ1) is 20.2. The fraction of sp³-hybridized carbons (Fsp3) is 0.435. The van der Waals surface area contributed by atoms with Gasteiger partial charge in [0.15, 0.2) is 0 Å². The molecule has 0 unspecified atom stereocenters. The Labute approximate surface area is 183 Å². The molecule has 1 saturated heterocycles. The molecule has 31 heavy (non-hydrogen) atoms. The molecule has 1 amide bonds. The summed E-state index contributed by atoms with van der Waals surface area (Å²) in [5.74, 6) is -0.757. The molecule has 0 spiro atoms. The molecular formula is C23H25FN4O2S. The molecule has 3 heterocycles. The van der Waals surface area contributed by atoms with Gasteiger partial charge in [-0.15, -0.1) is 11.3 Å². The van der Waals surface area contributed by atoms with E-state index in [1.165, 1.54) is 21.8 Å². The van der Waals surface area contributed by atoms with Crippen LogP contribution in [0.5, 0.6) is 0 Å². The van der Waals surface area contributed by atoms with E-state index < -0.39 is 5.82 Å². The molecule has 0 saturated carbocycles. The average Bonchev–Trinajstić information content (AvgIpc) is 3.43. The molecule has 1 fully saturated rings. The summed E-state index contributed by atoms with van der Waals surface area (Å²) in [6.07, 6.45) is 7.92. The van der Waals surface area contributed by atoms with Gasteiger partial charge in [0.05, 0.1) is 17.4 Å². The van der Waals surface area contributed by atoms with Crippen LogP contribution in [0.3, 0.4) is 0 Å². The number of nitrogens with one attached hydrogen (secondary N) is 1. The van der Waals surface area contributed by atoms with Crippen molar-refractivity contribution in [3.05, 3.63) is 51.1 Å². The maximum Gasteiger partial charge on any atom is 0.262 e. The van der Waals surface area contributed by atoms with Crippen LogP contribution in [0.15, 0.2) is 29.3 Å². The highest BCUT2D eigenvalue weighted by Gasteiger charge is 2.21. The molecule has 3 aromatic rings. The first-order valence-electron chi connectivity index (χ1n) is 10.9. The first-order chi connectivity index (χ1) is 15.1. The second-order valence-electron chi connectivity index (χ2n) is 8.26. The van der Waals surface area contributed by atoms with Gasteiger partial charge in [0, 0.05) is 30.9 Å². The van der Waals surface area contributed by atoms with Crippen LogP contribution >= 0.6 is 11.3 Å². The summed E-state index contributed by atoms with van der Waals surface area (Å²) in [6, 6.07) is 4.87. The van der Waals surface area contributed by atoms with Crippen molar-refractivity contribution < 1.29 is 9.18 Å². The largest absolute Gasteiger partial charge is 0.370 e. The Morgan fingerprint density at radius 2 is 1.97 bits per heavy atom. The van der Waals surface area contributed by atoms with Crippen molar-refractivity contribution >= 4 is 38.8 Å². The Hall–Kier alpha value is -2.74. The van der Waals surface area contributed by atoms with Crippen LogP contribution in [-0.2, 0) is 24.2 Å². The van der Waals surface area contributed by atoms with Crippen molar-refractivity contribution in [1.29, 1.82) is 0 Å². The predicted molar refractivity (Wildman–Crippen MR) is 122 cm³/mol. The van der Waals surface area contributed by atoms with Crippen molar-refractivity contribution in [2.75, 3.05) is 23.3 Å². The number of carbonyl (C=O) groups excluding carboxylic acids is 1. The SMILES string of the molecule is O=C(CCn1cnc2sc3c(c2c1=O)CCCC3)Nc1c(F)cccc1N1CCCC1. The Bertz CT molecular complexity index is 1200. The van der Waals surface area contributed by atoms with Crippen LogP contribution < -0.4 is 15.8 Å². The lowest BCUT2D eigenvalue weighted by atomic mass is 9.97. The van der Waals surface area contributed by atoms with Gasteiger partial charge in [0.1, 0.15) is 16.3 Å². The summed E-state index contributed by atoms with van der Waals surface area (Å²) >= 11 is 1.61. The number of rotatable bonds is 5. The zero-order valence-corrected chi connectivity index (χ0v) is 18.1. The molecule has 0 bridgehead atoms. The average molecular weight is 441 g/mol. The summed E-state index contributed by atoms with van der Waals surface area (Å²) < 4.78 is 16.0. The summed E-state index contributed by atoms with van der Waals surface area (Å²) in [6.45, 7) is 1.93. The number of hydrogen-bond donors (Lipinski definition) is 1. The number of anilines is 2. The van der Waals surface area contributed by atoms with Gasteiger partial charge in [-0.2, -0.15) is 0 Å². The molecular weight excluding hydrogens is 415 g/mol. The van der Waals surface area contributed by atoms with Gasteiger partial charge in [-0.1, -0.05) is 6.07 Å². The minimum Gasteiger partial charge on any atom is -0.370 e. The van der Waals surface area contributed by atoms with Gasteiger partial charge in [-0.3, -0.25) is 14.2 Å². The monoisotopic (exact) mass is 440 g/mol. The van der Waals surface area contributed by atoms with Crippen molar-refractivity contribution in [2.24, 2.45) is 0 Å². The fourth-order valence-electron chi connectivity index (χ4n) is 4.62. The smallest absolute Gasteiger partial charge is 0.262 e. The molecule has 8 heteroatoms. The van der Waals surface area contributed by atoms with Gasteiger partial charge >= 0.3 is 0 Å². The van der Waals surface area contributed by atoms with Crippen molar-refractivity contribution in [1.82, 2.24) is 9.55 Å². The van der Waals surface area contributed by atoms with E-state index in [-0.39, 0.29) is 30.1 Å². The molecule has 1 aromatic carbocycles. The van der Waals surface area contributed by atoms with Gasteiger partial charge < -0.3 is 10.2 Å². The minimum absolute atomic E-state index is 0.0766. The topological polar surface area (TPSA) is 67.2 Å². The number of halogens is 1. The lowest BCUT2D eigenvalue weighted by Crippen LogP contribution is -2.25. The van der Waals surface area contributed by atoms with E-state index in [1.807, 2.05) is 6.07 Å². The number of nitrogens with zero attached hydrogens (tertiary/aromatic N) is 3. The van der Waals surface area contributed by atoms with Gasteiger partial charge in [0.25, 0.3) is 5.56 Å². The Kier molecular flexibility index (Phi) is 5.48. The first-order valence-corrected chi connectivity index (χ1v) is 11.8. The molecule has 1 N–H and O–H groups in total. The van der Waals surface area contributed by atoms with Gasteiger partial charge in [-0.25, -0.2) is 9.37 Å². The molecule has 162 valence electrons. The quantitative estimate of drug-likeness (QED) is 0.649. The Morgan fingerprint density at radius 3 is 2.81 bits per heavy atom. The van der Waals surface area contributed by atoms with Gasteiger partial charge in [0.2, 0.25) is 5.91 Å². The Balaban J connectivity index is 1.33. The van der Waals surface area contributed by atoms with Crippen LogP contribution in [0.1, 0.15) is 42.5 Å². The molecule has 1 aliphatic carbocycles. The lowest BCUT2D eigenvalue weighted by molar-refractivity contribution is -0.116. The third-order valence-electron chi connectivity index (χ3n) is 6.22. The van der Waals surface area contributed by atoms with Crippen LogP contribution in [0.25, 0.3) is 10.2 Å². The molecule has 0 radical (unpaired) electrons. The molecule has 2 aromatic heterocycles. The highest BCUT2D eigenvalue weighted by Crippen LogP contribution is 2.33. The number of fused-ring (bicyclic) bond motifs is 3. The Morgan fingerprint density at radius 1 is 1.16 bits per heavy atom. The normalized spacial score (nSPS) is 16.0. The highest BCUT2D eigenvalue weighted by atomic mass is 32.1. The zero-order chi connectivity index (χ0) is 21.4. The predicted octanol–water partition coefficient (Wildman–Crippen LogP) is 4.10. The maximum atomic E-state index is 14.5. The van der Waals surface area contributed by atoms with E-state index >= 15 is 0 Å². The van der Waals surface area contributed by atoms with Crippen LogP contribution in [-0.4, -0.2) is 28.5 Å². The van der Waals surface area contributed by atoms with E-state index in [2.05, 4.69) is 15.2 Å². The molecule has 1 aliphatic heterocycles. The summed E-state index contributed by atoms with van der Waals surface area (Å²) in [5, 5.41) is 3.45. The van der Waals surface area contributed by atoms with Crippen molar-refractivity contribution in [3.8, 4) is 0 Å². The molecule has 2 aliphatic rings. The highest BCUT2D eigenvalue weighted by molar-refractivity contribution is 7.18. The number of hydrogen-bond acceptors (Lipinski definition) is 5. The minimum atomic E-state index is -0.442. The van der Waals surface area contributed by atoms with Crippen molar-refractivity contribution in [2.45, 2.75) is 51.5 Å². The number of para-hydroxylation sites is 1. The third kappa shape index (κ3) is 3.84. The maximum absolute atomic E-state index is 14.5. The van der Waals surface area contributed by atoms with Gasteiger partial charge in [-0.05, 0) is 56.2 Å². The number of aryl methyl sites for hydroxylation is 3. The van der Waals surface area contributed by atoms with Crippen molar-refractivity contribution in [3.63, 3.8) is 0 Å². The number of aromatic nitrogens is 2. The van der Waals surface area contributed by atoms with E-state index in [1.54, 1.807) is 17.4 Å². The zero-order valence-electron chi connectivity index (χ0n) is 17.3. The van der Waals surface area contributed by atoms with E-state index in [9.17, 15) is 14.0 Å². The second-order valence-corrected chi connectivity index (χ2v) is 9.34. The van der Waals surface area contributed by atoms with Crippen LogP contribution in [0.2, 0.25) is 0 Å². The number of benzene rings is 1. The second kappa shape index (κ2) is 8.42. The lowest BCUT2D eigenvalue weighted by Gasteiger charge is -2.22. The number of carbonyl (C=O) groups is 1. The fourth-order valence-corrected chi connectivity index (χ4v) is 5.84. The number of amides is 1. The third-order valence-corrected chi connectivity index (χ3v) is 7.42. The summed E-state index contributed by atoms with van der Waals surface area (Å²) in [7, 11) is 0. The molecule has 5 rings (SSSR count). The molecule has 6 nitrogen and oxygen atoms in total. The van der Waals surface area contributed by atoms with E-state index in [0.29, 0.717) is 5.39 Å². The molecule has 0 atom stereocenters. The van der Waals surface area contributed by atoms with Crippen LogP contribution in [0, 0.1) is 5.82 Å². The van der Waals surface area contributed by atoms with E-state index in [4.69, 9.17) is 0 Å². The summed E-state index contributed by atoms with van der Waals surface area (Å²) in [4.78, 5) is 34.3. The van der Waals surface area contributed by atoms with E-state index in [0.717, 1.165) is 67.7 Å². The number of thiophene rings is 1.